The van der Waals surface area contributed by atoms with E-state index in [1.165, 1.54) is 0 Å². The molecule has 1 aromatic carbocycles. The normalized spacial score (nSPS) is 24.8. The van der Waals surface area contributed by atoms with Gasteiger partial charge in [-0.1, -0.05) is 12.1 Å². The maximum atomic E-state index is 12.5. The third-order valence-corrected chi connectivity index (χ3v) is 3.57. The Morgan fingerprint density at radius 1 is 1.44 bits per heavy atom. The van der Waals surface area contributed by atoms with Crippen LogP contribution in [0.1, 0.15) is 18.9 Å². The number of carbonyl (C=O) groups is 1. The van der Waals surface area contributed by atoms with E-state index < -0.39 is 5.54 Å². The topological polar surface area (TPSA) is 41.6 Å². The van der Waals surface area contributed by atoms with Crippen molar-refractivity contribution < 1.29 is 9.53 Å². The van der Waals surface area contributed by atoms with Crippen LogP contribution in [0.2, 0.25) is 0 Å². The molecule has 1 aromatic rings. The van der Waals surface area contributed by atoms with Crippen molar-refractivity contribution in [2.75, 3.05) is 27.2 Å². The maximum Gasteiger partial charge on any atom is 0.246 e. The monoisotopic (exact) mass is 248 g/mol. The largest absolute Gasteiger partial charge is 0.497 e. The van der Waals surface area contributed by atoms with Crippen LogP contribution < -0.4 is 10.1 Å². The SMILES string of the molecule is COc1cccc(C2(C)NCCCN(C)C2=O)c1. The molecule has 1 saturated heterocycles. The minimum absolute atomic E-state index is 0.105. The number of nitrogens with zero attached hydrogens (tertiary/aromatic N) is 1. The minimum Gasteiger partial charge on any atom is -0.497 e. The van der Waals surface area contributed by atoms with Crippen molar-refractivity contribution in [1.82, 2.24) is 10.2 Å². The van der Waals surface area contributed by atoms with Gasteiger partial charge in [-0.05, 0) is 37.6 Å². The van der Waals surface area contributed by atoms with Crippen molar-refractivity contribution >= 4 is 5.91 Å². The second-order valence-corrected chi connectivity index (χ2v) is 4.86. The Hall–Kier alpha value is -1.55. The molecule has 1 atom stereocenters. The molecule has 2 rings (SSSR count). The fourth-order valence-corrected chi connectivity index (χ4v) is 2.37. The van der Waals surface area contributed by atoms with Crippen molar-refractivity contribution in [3.8, 4) is 5.75 Å². The molecule has 1 N–H and O–H groups in total. The average molecular weight is 248 g/mol. The number of hydrogen-bond donors (Lipinski definition) is 1. The molecule has 4 heteroatoms. The molecule has 0 spiro atoms. The lowest BCUT2D eigenvalue weighted by Crippen LogP contribution is -2.50. The molecule has 1 aliphatic rings. The van der Waals surface area contributed by atoms with Gasteiger partial charge in [0.2, 0.25) is 5.91 Å². The van der Waals surface area contributed by atoms with E-state index in [0.29, 0.717) is 0 Å². The first-order chi connectivity index (χ1) is 8.58. The quantitative estimate of drug-likeness (QED) is 0.859. The van der Waals surface area contributed by atoms with Crippen LogP contribution in [0.4, 0.5) is 0 Å². The van der Waals surface area contributed by atoms with E-state index in [2.05, 4.69) is 5.32 Å². The highest BCUT2D eigenvalue weighted by Gasteiger charge is 2.38. The number of likely N-dealkylation sites (N-methyl/N-ethyl adjacent to an activating group) is 1. The summed E-state index contributed by atoms with van der Waals surface area (Å²) in [6, 6.07) is 7.69. The lowest BCUT2D eigenvalue weighted by Gasteiger charge is -2.31. The van der Waals surface area contributed by atoms with Gasteiger partial charge in [0.05, 0.1) is 7.11 Å². The fraction of sp³-hybridized carbons (Fsp3) is 0.500. The van der Waals surface area contributed by atoms with E-state index in [9.17, 15) is 4.79 Å². The summed E-state index contributed by atoms with van der Waals surface area (Å²) in [4.78, 5) is 14.3. The Morgan fingerprint density at radius 3 is 2.94 bits per heavy atom. The number of rotatable bonds is 2. The number of hydrogen-bond acceptors (Lipinski definition) is 3. The van der Waals surface area contributed by atoms with Gasteiger partial charge in [0, 0.05) is 13.6 Å². The van der Waals surface area contributed by atoms with Gasteiger partial charge in [0.25, 0.3) is 0 Å². The minimum atomic E-state index is -0.667. The van der Waals surface area contributed by atoms with Crippen LogP contribution in [0.15, 0.2) is 24.3 Å². The zero-order valence-corrected chi connectivity index (χ0v) is 11.2. The number of benzene rings is 1. The molecule has 1 heterocycles. The van der Waals surface area contributed by atoms with Crippen LogP contribution in [0.3, 0.4) is 0 Å². The zero-order valence-electron chi connectivity index (χ0n) is 11.2. The summed E-state index contributed by atoms with van der Waals surface area (Å²) in [6.45, 7) is 3.57. The lowest BCUT2D eigenvalue weighted by molar-refractivity contribution is -0.135. The van der Waals surface area contributed by atoms with Crippen LogP contribution >= 0.6 is 0 Å². The first-order valence-corrected chi connectivity index (χ1v) is 6.23. The van der Waals surface area contributed by atoms with Gasteiger partial charge in [0.15, 0.2) is 0 Å². The molecule has 98 valence electrons. The summed E-state index contributed by atoms with van der Waals surface area (Å²) in [5.74, 6) is 0.878. The van der Waals surface area contributed by atoms with E-state index in [0.717, 1.165) is 30.8 Å². The van der Waals surface area contributed by atoms with Gasteiger partial charge in [0.1, 0.15) is 11.3 Å². The highest BCUT2D eigenvalue weighted by molar-refractivity contribution is 5.87. The van der Waals surface area contributed by atoms with E-state index in [1.807, 2.05) is 38.2 Å². The Labute approximate surface area is 108 Å². The number of nitrogens with one attached hydrogen (secondary N) is 1. The van der Waals surface area contributed by atoms with Crippen LogP contribution in [-0.4, -0.2) is 38.1 Å². The fourth-order valence-electron chi connectivity index (χ4n) is 2.37. The second kappa shape index (κ2) is 4.98. The predicted molar refractivity (Wildman–Crippen MR) is 70.6 cm³/mol. The molecule has 1 aliphatic heterocycles. The number of carbonyl (C=O) groups excluding carboxylic acids is 1. The van der Waals surface area contributed by atoms with Crippen molar-refractivity contribution in [2.45, 2.75) is 18.9 Å². The van der Waals surface area contributed by atoms with Crippen molar-refractivity contribution in [3.05, 3.63) is 29.8 Å². The molecular formula is C14H20N2O2. The van der Waals surface area contributed by atoms with Gasteiger partial charge in [-0.15, -0.1) is 0 Å². The van der Waals surface area contributed by atoms with Crippen LogP contribution in [-0.2, 0) is 10.3 Å². The summed E-state index contributed by atoms with van der Waals surface area (Å²) < 4.78 is 5.23. The Kier molecular flexibility index (Phi) is 3.57. The van der Waals surface area contributed by atoms with Crippen molar-refractivity contribution in [2.24, 2.45) is 0 Å². The van der Waals surface area contributed by atoms with Crippen molar-refractivity contribution in [1.29, 1.82) is 0 Å². The van der Waals surface area contributed by atoms with Crippen molar-refractivity contribution in [3.63, 3.8) is 0 Å². The van der Waals surface area contributed by atoms with E-state index in [-0.39, 0.29) is 5.91 Å². The highest BCUT2D eigenvalue weighted by Crippen LogP contribution is 2.27. The third kappa shape index (κ3) is 2.20. The van der Waals surface area contributed by atoms with Crippen LogP contribution in [0, 0.1) is 0 Å². The lowest BCUT2D eigenvalue weighted by atomic mass is 9.90. The summed E-state index contributed by atoms with van der Waals surface area (Å²) in [6.07, 6.45) is 0.974. The summed E-state index contributed by atoms with van der Waals surface area (Å²) in [5.41, 5.74) is 0.278. The summed E-state index contributed by atoms with van der Waals surface area (Å²) in [5, 5.41) is 3.36. The Balaban J connectivity index is 2.40. The first-order valence-electron chi connectivity index (χ1n) is 6.23. The first kappa shape index (κ1) is 12.9. The molecule has 0 saturated carbocycles. The maximum absolute atomic E-state index is 12.5. The zero-order chi connectivity index (χ0) is 13.2. The molecular weight excluding hydrogens is 228 g/mol. The Morgan fingerprint density at radius 2 is 2.22 bits per heavy atom. The summed E-state index contributed by atoms with van der Waals surface area (Å²) in [7, 11) is 3.49. The number of ether oxygens (including phenoxy) is 1. The Bertz CT molecular complexity index is 447. The van der Waals surface area contributed by atoms with Crippen LogP contribution in [0.5, 0.6) is 5.75 Å². The smallest absolute Gasteiger partial charge is 0.246 e. The molecule has 0 aliphatic carbocycles. The molecule has 1 fully saturated rings. The second-order valence-electron chi connectivity index (χ2n) is 4.86. The van der Waals surface area contributed by atoms with E-state index in [1.54, 1.807) is 12.0 Å². The van der Waals surface area contributed by atoms with Gasteiger partial charge < -0.3 is 9.64 Å². The number of methoxy groups -OCH3 is 1. The van der Waals surface area contributed by atoms with Gasteiger partial charge in [-0.3, -0.25) is 10.1 Å². The molecule has 0 bridgehead atoms. The van der Waals surface area contributed by atoms with E-state index in [4.69, 9.17) is 4.74 Å². The number of amides is 1. The van der Waals surface area contributed by atoms with Gasteiger partial charge in [-0.2, -0.15) is 0 Å². The average Bonchev–Trinajstić information content (AvgIpc) is 2.53. The van der Waals surface area contributed by atoms with Gasteiger partial charge >= 0.3 is 0 Å². The molecule has 0 aromatic heterocycles. The molecule has 1 unspecified atom stereocenters. The molecule has 18 heavy (non-hydrogen) atoms. The standard InChI is InChI=1S/C14H20N2O2/c1-14(11-6-4-7-12(10-11)18-3)13(17)16(2)9-5-8-15-14/h4,6-7,10,15H,5,8-9H2,1-3H3. The predicted octanol–water partition coefficient (Wildman–Crippen LogP) is 1.36. The van der Waals surface area contributed by atoms with E-state index >= 15 is 0 Å². The van der Waals surface area contributed by atoms with Gasteiger partial charge in [-0.25, -0.2) is 0 Å². The molecule has 1 amide bonds. The summed E-state index contributed by atoms with van der Waals surface area (Å²) >= 11 is 0. The van der Waals surface area contributed by atoms with Crippen LogP contribution in [0.25, 0.3) is 0 Å². The third-order valence-electron chi connectivity index (χ3n) is 3.57. The molecule has 4 nitrogen and oxygen atoms in total. The molecule has 0 radical (unpaired) electrons. The highest BCUT2D eigenvalue weighted by atomic mass is 16.5.